The summed E-state index contributed by atoms with van der Waals surface area (Å²) >= 11 is 1.28. The number of anilines is 1. The molecule has 2 amide bonds. The summed E-state index contributed by atoms with van der Waals surface area (Å²) < 4.78 is 26.8. The SMILES string of the molecule is CC(C)C[C@H](N)C(=O)NS(=O)(=O)c1cccc(NC(=O)c2cccs2)c1. The van der Waals surface area contributed by atoms with E-state index in [-0.39, 0.29) is 16.7 Å². The second-order valence-electron chi connectivity index (χ2n) is 6.17. The van der Waals surface area contributed by atoms with E-state index in [2.05, 4.69) is 5.32 Å². The second kappa shape index (κ2) is 8.43. The Labute approximate surface area is 156 Å². The summed E-state index contributed by atoms with van der Waals surface area (Å²) in [5.74, 6) is -0.932. The number of thiophene rings is 1. The lowest BCUT2D eigenvalue weighted by Gasteiger charge is -2.14. The Morgan fingerprint density at radius 3 is 2.54 bits per heavy atom. The molecule has 0 aliphatic heterocycles. The summed E-state index contributed by atoms with van der Waals surface area (Å²) in [6.07, 6.45) is 0.373. The van der Waals surface area contributed by atoms with Crippen LogP contribution in [0.15, 0.2) is 46.7 Å². The van der Waals surface area contributed by atoms with Gasteiger partial charge in [-0.3, -0.25) is 9.59 Å². The normalized spacial score (nSPS) is 12.6. The Kier molecular flexibility index (Phi) is 6.52. The van der Waals surface area contributed by atoms with Crippen LogP contribution in [0, 0.1) is 5.92 Å². The number of hydrogen-bond donors (Lipinski definition) is 3. The van der Waals surface area contributed by atoms with Gasteiger partial charge in [0.2, 0.25) is 0 Å². The molecule has 0 saturated carbocycles. The van der Waals surface area contributed by atoms with E-state index in [1.807, 2.05) is 18.6 Å². The van der Waals surface area contributed by atoms with Gasteiger partial charge in [-0.15, -0.1) is 11.3 Å². The van der Waals surface area contributed by atoms with Crippen molar-refractivity contribution in [2.75, 3.05) is 5.32 Å². The number of carbonyl (C=O) groups is 2. The van der Waals surface area contributed by atoms with E-state index in [0.717, 1.165) is 0 Å². The summed E-state index contributed by atoms with van der Waals surface area (Å²) in [5.41, 5.74) is 6.03. The first kappa shape index (κ1) is 20.1. The number of sulfonamides is 1. The third-order valence-electron chi connectivity index (χ3n) is 3.44. The van der Waals surface area contributed by atoms with Crippen molar-refractivity contribution in [1.82, 2.24) is 4.72 Å². The van der Waals surface area contributed by atoms with Crippen LogP contribution in [0.5, 0.6) is 0 Å². The number of hydrogen-bond acceptors (Lipinski definition) is 6. The van der Waals surface area contributed by atoms with E-state index in [1.54, 1.807) is 23.6 Å². The highest BCUT2D eigenvalue weighted by molar-refractivity contribution is 7.90. The molecule has 9 heteroatoms. The number of rotatable bonds is 7. The second-order valence-corrected chi connectivity index (χ2v) is 8.80. The van der Waals surface area contributed by atoms with E-state index in [1.165, 1.54) is 29.5 Å². The highest BCUT2D eigenvalue weighted by Gasteiger charge is 2.23. The van der Waals surface area contributed by atoms with Gasteiger partial charge in [0.05, 0.1) is 15.8 Å². The quantitative estimate of drug-likeness (QED) is 0.664. The van der Waals surface area contributed by atoms with Crippen LogP contribution in [0.2, 0.25) is 0 Å². The first-order chi connectivity index (χ1) is 12.2. The molecule has 0 aliphatic carbocycles. The molecule has 1 aromatic carbocycles. The zero-order valence-electron chi connectivity index (χ0n) is 14.4. The van der Waals surface area contributed by atoms with Gasteiger partial charge in [0.15, 0.2) is 0 Å². The van der Waals surface area contributed by atoms with Crippen molar-refractivity contribution in [3.05, 3.63) is 46.7 Å². The third-order valence-corrected chi connectivity index (χ3v) is 5.66. The summed E-state index contributed by atoms with van der Waals surface area (Å²) in [7, 11) is -4.08. The summed E-state index contributed by atoms with van der Waals surface area (Å²) in [6.45, 7) is 3.78. The molecule has 0 aliphatic rings. The third kappa shape index (κ3) is 5.38. The topological polar surface area (TPSA) is 118 Å². The molecule has 1 aromatic heterocycles. The predicted molar refractivity (Wildman–Crippen MR) is 101 cm³/mol. The molecule has 4 N–H and O–H groups in total. The van der Waals surface area contributed by atoms with Gasteiger partial charge in [0, 0.05) is 5.69 Å². The zero-order valence-corrected chi connectivity index (χ0v) is 16.1. The zero-order chi connectivity index (χ0) is 19.3. The van der Waals surface area contributed by atoms with Gasteiger partial charge in [-0.1, -0.05) is 26.0 Å². The molecule has 7 nitrogen and oxygen atoms in total. The number of benzene rings is 1. The number of carbonyl (C=O) groups excluding carboxylic acids is 2. The Hall–Kier alpha value is -2.23. The summed E-state index contributed by atoms with van der Waals surface area (Å²) in [4.78, 5) is 24.4. The molecule has 0 fully saturated rings. The number of nitrogens with two attached hydrogens (primary N) is 1. The molecule has 2 aromatic rings. The van der Waals surface area contributed by atoms with Crippen LogP contribution in [0.4, 0.5) is 5.69 Å². The van der Waals surface area contributed by atoms with Crippen LogP contribution >= 0.6 is 11.3 Å². The highest BCUT2D eigenvalue weighted by Crippen LogP contribution is 2.18. The molecule has 0 spiro atoms. The van der Waals surface area contributed by atoms with Crippen molar-refractivity contribution in [3.8, 4) is 0 Å². The molecular formula is C17H21N3O4S2. The fraction of sp³-hybridized carbons (Fsp3) is 0.294. The minimum absolute atomic E-state index is 0.133. The minimum atomic E-state index is -4.08. The monoisotopic (exact) mass is 395 g/mol. The maximum absolute atomic E-state index is 12.4. The van der Waals surface area contributed by atoms with E-state index < -0.39 is 22.0 Å². The Morgan fingerprint density at radius 2 is 1.92 bits per heavy atom. The average molecular weight is 396 g/mol. The van der Waals surface area contributed by atoms with Crippen molar-refractivity contribution in [1.29, 1.82) is 0 Å². The van der Waals surface area contributed by atoms with E-state index in [4.69, 9.17) is 5.73 Å². The minimum Gasteiger partial charge on any atom is -0.321 e. The Balaban J connectivity index is 2.12. The predicted octanol–water partition coefficient (Wildman–Crippen LogP) is 2.18. The standard InChI is InChI=1S/C17H21N3O4S2/c1-11(2)9-14(18)16(21)20-26(23,24)13-6-3-5-12(10-13)19-17(22)15-7-4-8-25-15/h3-8,10-11,14H,9,18H2,1-2H3,(H,19,22)(H,20,21)/t14-/m0/s1. The maximum Gasteiger partial charge on any atom is 0.265 e. The van der Waals surface area contributed by atoms with Crippen molar-refractivity contribution >= 4 is 38.9 Å². The smallest absolute Gasteiger partial charge is 0.265 e. The number of nitrogens with one attached hydrogen (secondary N) is 2. The van der Waals surface area contributed by atoms with Crippen LogP contribution < -0.4 is 15.8 Å². The molecule has 26 heavy (non-hydrogen) atoms. The molecule has 0 saturated heterocycles. The largest absolute Gasteiger partial charge is 0.321 e. The molecule has 2 rings (SSSR count). The van der Waals surface area contributed by atoms with Gasteiger partial charge in [-0.05, 0) is 42.0 Å². The lowest BCUT2D eigenvalue weighted by atomic mass is 10.0. The highest BCUT2D eigenvalue weighted by atomic mass is 32.2. The summed E-state index contributed by atoms with van der Waals surface area (Å²) in [6, 6.07) is 8.17. The fourth-order valence-electron chi connectivity index (χ4n) is 2.22. The van der Waals surface area contributed by atoms with Gasteiger partial charge in [0.25, 0.3) is 21.8 Å². The summed E-state index contributed by atoms with van der Waals surface area (Å²) in [5, 5.41) is 4.40. The van der Waals surface area contributed by atoms with Crippen molar-refractivity contribution in [2.24, 2.45) is 11.7 Å². The lowest BCUT2D eigenvalue weighted by molar-refractivity contribution is -0.120. The molecule has 1 atom stereocenters. The molecule has 0 bridgehead atoms. The van der Waals surface area contributed by atoms with Crippen LogP contribution in [0.1, 0.15) is 29.9 Å². The van der Waals surface area contributed by atoms with Crippen LogP contribution in [-0.4, -0.2) is 26.3 Å². The maximum atomic E-state index is 12.4. The fourth-order valence-corrected chi connectivity index (χ4v) is 3.92. The van der Waals surface area contributed by atoms with Gasteiger partial charge < -0.3 is 11.1 Å². The Bertz CT molecular complexity index is 877. The van der Waals surface area contributed by atoms with Gasteiger partial charge in [-0.25, -0.2) is 13.1 Å². The lowest BCUT2D eigenvalue weighted by Crippen LogP contribution is -2.43. The molecule has 0 unspecified atom stereocenters. The van der Waals surface area contributed by atoms with E-state index in [0.29, 0.717) is 17.0 Å². The molecular weight excluding hydrogens is 374 g/mol. The molecule has 140 valence electrons. The van der Waals surface area contributed by atoms with Crippen LogP contribution in [-0.2, 0) is 14.8 Å². The van der Waals surface area contributed by atoms with Crippen LogP contribution in [0.3, 0.4) is 0 Å². The average Bonchev–Trinajstić information content (AvgIpc) is 3.08. The van der Waals surface area contributed by atoms with Crippen molar-refractivity contribution in [2.45, 2.75) is 31.2 Å². The first-order valence-corrected chi connectivity index (χ1v) is 10.3. The number of amides is 2. The van der Waals surface area contributed by atoms with Crippen LogP contribution in [0.25, 0.3) is 0 Å². The van der Waals surface area contributed by atoms with Crippen molar-refractivity contribution < 1.29 is 18.0 Å². The van der Waals surface area contributed by atoms with Gasteiger partial charge in [0.1, 0.15) is 0 Å². The van der Waals surface area contributed by atoms with Gasteiger partial charge in [-0.2, -0.15) is 0 Å². The van der Waals surface area contributed by atoms with Crippen molar-refractivity contribution in [3.63, 3.8) is 0 Å². The van der Waals surface area contributed by atoms with E-state index >= 15 is 0 Å². The van der Waals surface area contributed by atoms with E-state index in [9.17, 15) is 18.0 Å². The molecule has 0 radical (unpaired) electrons. The Morgan fingerprint density at radius 1 is 1.19 bits per heavy atom. The molecule has 1 heterocycles. The first-order valence-electron chi connectivity index (χ1n) is 7.96. The van der Waals surface area contributed by atoms with Gasteiger partial charge >= 0.3 is 0 Å².